The van der Waals surface area contributed by atoms with E-state index >= 15 is 0 Å². The molecule has 1 aromatic rings. The Balaban J connectivity index is 1.79. The van der Waals surface area contributed by atoms with E-state index in [4.69, 9.17) is 4.74 Å². The third kappa shape index (κ3) is 3.71. The molecule has 1 heterocycles. The first-order valence-corrected chi connectivity index (χ1v) is 6.44. The minimum Gasteiger partial charge on any atom is -0.449 e. The van der Waals surface area contributed by atoms with Gasteiger partial charge in [0, 0.05) is 16.9 Å². The third-order valence-corrected chi connectivity index (χ3v) is 3.41. The molecule has 17 heavy (non-hydrogen) atoms. The van der Waals surface area contributed by atoms with Crippen LogP contribution in [0, 0.1) is 5.92 Å². The summed E-state index contributed by atoms with van der Waals surface area (Å²) >= 11 is 3.36. The van der Waals surface area contributed by atoms with E-state index in [-0.39, 0.29) is 0 Å². The molecular formula is C12H15BrN2O2. The average molecular weight is 299 g/mol. The zero-order valence-corrected chi connectivity index (χ0v) is 11.0. The van der Waals surface area contributed by atoms with Gasteiger partial charge in [0.25, 0.3) is 0 Å². The summed E-state index contributed by atoms with van der Waals surface area (Å²) < 4.78 is 6.02. The lowest BCUT2D eigenvalue weighted by Gasteiger charge is -2.11. The molecule has 1 atom stereocenters. The molecule has 0 aromatic heterocycles. The zero-order chi connectivity index (χ0) is 12.1. The fourth-order valence-corrected chi connectivity index (χ4v) is 2.14. The largest absolute Gasteiger partial charge is 0.449 e. The molecule has 0 radical (unpaired) electrons. The number of para-hydroxylation sites is 1. The lowest BCUT2D eigenvalue weighted by Crippen LogP contribution is -2.20. The first-order chi connectivity index (χ1) is 8.25. The predicted octanol–water partition coefficient (Wildman–Crippen LogP) is 2.61. The smallest absolute Gasteiger partial charge is 0.411 e. The van der Waals surface area contributed by atoms with Crippen LogP contribution in [-0.2, 0) is 4.74 Å². The maximum atomic E-state index is 11.5. The van der Waals surface area contributed by atoms with Gasteiger partial charge in [-0.2, -0.15) is 0 Å². The fourth-order valence-electron chi connectivity index (χ4n) is 1.76. The second-order valence-electron chi connectivity index (χ2n) is 4.06. The van der Waals surface area contributed by atoms with Crippen LogP contribution < -0.4 is 10.6 Å². The van der Waals surface area contributed by atoms with Gasteiger partial charge in [-0.1, -0.05) is 12.1 Å². The molecule has 2 N–H and O–H groups in total. The number of nitrogens with one attached hydrogen (secondary N) is 2. The molecule has 0 saturated carbocycles. The summed E-state index contributed by atoms with van der Waals surface area (Å²) in [7, 11) is 0. The van der Waals surface area contributed by atoms with Crippen LogP contribution in [0.25, 0.3) is 0 Å². The summed E-state index contributed by atoms with van der Waals surface area (Å²) in [5.41, 5.74) is 0.724. The Kier molecular flexibility index (Phi) is 4.39. The van der Waals surface area contributed by atoms with E-state index in [0.717, 1.165) is 29.7 Å². The average Bonchev–Trinajstić information content (AvgIpc) is 2.82. The Bertz CT molecular complexity index is 392. The summed E-state index contributed by atoms with van der Waals surface area (Å²) in [4.78, 5) is 11.5. The van der Waals surface area contributed by atoms with Crippen LogP contribution in [0.5, 0.6) is 0 Å². The van der Waals surface area contributed by atoms with Gasteiger partial charge in [-0.05, 0) is 41.0 Å². The van der Waals surface area contributed by atoms with Crippen LogP contribution in [-0.4, -0.2) is 25.8 Å². The van der Waals surface area contributed by atoms with Crippen LogP contribution in [0.15, 0.2) is 28.7 Å². The van der Waals surface area contributed by atoms with Crippen LogP contribution in [0.1, 0.15) is 6.42 Å². The van der Waals surface area contributed by atoms with Crippen molar-refractivity contribution in [1.29, 1.82) is 0 Å². The van der Waals surface area contributed by atoms with Gasteiger partial charge >= 0.3 is 6.09 Å². The van der Waals surface area contributed by atoms with Gasteiger partial charge in [0.05, 0.1) is 12.3 Å². The van der Waals surface area contributed by atoms with E-state index < -0.39 is 6.09 Å². The third-order valence-electron chi connectivity index (χ3n) is 2.72. The second-order valence-corrected chi connectivity index (χ2v) is 4.92. The Morgan fingerprint density at radius 3 is 3.06 bits per heavy atom. The minimum atomic E-state index is -0.399. The number of carbonyl (C=O) groups excluding carboxylic acids is 1. The first-order valence-electron chi connectivity index (χ1n) is 5.65. The molecule has 0 bridgehead atoms. The maximum Gasteiger partial charge on any atom is 0.411 e. The molecule has 1 unspecified atom stereocenters. The topological polar surface area (TPSA) is 50.4 Å². The van der Waals surface area contributed by atoms with Gasteiger partial charge in [0.15, 0.2) is 0 Å². The monoisotopic (exact) mass is 298 g/mol. The van der Waals surface area contributed by atoms with E-state index in [1.165, 1.54) is 0 Å². The van der Waals surface area contributed by atoms with Gasteiger partial charge in [-0.15, -0.1) is 0 Å². The number of carbonyl (C=O) groups is 1. The Hall–Kier alpha value is -1.07. The molecule has 0 aliphatic carbocycles. The molecule has 1 amide bonds. The molecular weight excluding hydrogens is 284 g/mol. The predicted molar refractivity (Wildman–Crippen MR) is 70.1 cm³/mol. The summed E-state index contributed by atoms with van der Waals surface area (Å²) in [6.45, 7) is 2.42. The first kappa shape index (κ1) is 12.4. The van der Waals surface area contributed by atoms with E-state index in [1.807, 2.05) is 24.3 Å². The molecule has 1 aliphatic heterocycles. The van der Waals surface area contributed by atoms with Crippen molar-refractivity contribution in [2.75, 3.05) is 25.0 Å². The summed E-state index contributed by atoms with van der Waals surface area (Å²) in [5, 5.41) is 5.94. The SMILES string of the molecule is O=C(Nc1ccccc1Br)OCC1CCNC1. The van der Waals surface area contributed by atoms with E-state index in [2.05, 4.69) is 26.6 Å². The molecule has 1 fully saturated rings. The van der Waals surface area contributed by atoms with Crippen molar-refractivity contribution in [2.45, 2.75) is 6.42 Å². The highest BCUT2D eigenvalue weighted by molar-refractivity contribution is 9.10. The van der Waals surface area contributed by atoms with Crippen LogP contribution in [0.4, 0.5) is 10.5 Å². The number of hydrogen-bond acceptors (Lipinski definition) is 3. The summed E-state index contributed by atoms with van der Waals surface area (Å²) in [6, 6.07) is 7.45. The number of amides is 1. The second kappa shape index (κ2) is 6.02. The Labute approximate surface area is 109 Å². The van der Waals surface area contributed by atoms with Gasteiger partial charge in [-0.25, -0.2) is 4.79 Å². The van der Waals surface area contributed by atoms with Crippen molar-refractivity contribution in [3.8, 4) is 0 Å². The fraction of sp³-hybridized carbons (Fsp3) is 0.417. The molecule has 4 nitrogen and oxygen atoms in total. The van der Waals surface area contributed by atoms with Crippen molar-refractivity contribution in [3.63, 3.8) is 0 Å². The zero-order valence-electron chi connectivity index (χ0n) is 9.41. The number of benzene rings is 1. The van der Waals surface area contributed by atoms with Crippen molar-refractivity contribution in [3.05, 3.63) is 28.7 Å². The molecule has 1 aromatic carbocycles. The minimum absolute atomic E-state index is 0.399. The van der Waals surface area contributed by atoms with Gasteiger partial charge in [-0.3, -0.25) is 5.32 Å². The molecule has 0 spiro atoms. The quantitative estimate of drug-likeness (QED) is 0.902. The summed E-state index contributed by atoms with van der Waals surface area (Å²) in [5.74, 6) is 0.444. The molecule has 1 saturated heterocycles. The van der Waals surface area contributed by atoms with Crippen molar-refractivity contribution >= 4 is 27.7 Å². The summed E-state index contributed by atoms with van der Waals surface area (Å²) in [6.07, 6.45) is 0.672. The van der Waals surface area contributed by atoms with Crippen LogP contribution in [0.2, 0.25) is 0 Å². The number of ether oxygens (including phenoxy) is 1. The molecule has 2 rings (SSSR count). The Morgan fingerprint density at radius 2 is 2.35 bits per heavy atom. The van der Waals surface area contributed by atoms with Gasteiger partial charge < -0.3 is 10.1 Å². The van der Waals surface area contributed by atoms with Crippen molar-refractivity contribution in [1.82, 2.24) is 5.32 Å². The van der Waals surface area contributed by atoms with E-state index in [1.54, 1.807) is 0 Å². The van der Waals surface area contributed by atoms with E-state index in [9.17, 15) is 4.79 Å². The lowest BCUT2D eigenvalue weighted by molar-refractivity contribution is 0.144. The molecule has 92 valence electrons. The highest BCUT2D eigenvalue weighted by Crippen LogP contribution is 2.21. The maximum absolute atomic E-state index is 11.5. The van der Waals surface area contributed by atoms with Crippen LogP contribution >= 0.6 is 15.9 Å². The molecule has 1 aliphatic rings. The van der Waals surface area contributed by atoms with Crippen molar-refractivity contribution in [2.24, 2.45) is 5.92 Å². The number of anilines is 1. The number of rotatable bonds is 3. The highest BCUT2D eigenvalue weighted by Gasteiger charge is 2.16. The standard InChI is InChI=1S/C12H15BrN2O2/c13-10-3-1-2-4-11(10)15-12(16)17-8-9-5-6-14-7-9/h1-4,9,14H,5-8H2,(H,15,16). The van der Waals surface area contributed by atoms with Crippen molar-refractivity contribution < 1.29 is 9.53 Å². The molecule has 5 heteroatoms. The number of hydrogen-bond donors (Lipinski definition) is 2. The van der Waals surface area contributed by atoms with Crippen LogP contribution in [0.3, 0.4) is 0 Å². The highest BCUT2D eigenvalue weighted by atomic mass is 79.9. The lowest BCUT2D eigenvalue weighted by atomic mass is 10.1. The van der Waals surface area contributed by atoms with E-state index in [0.29, 0.717) is 12.5 Å². The van der Waals surface area contributed by atoms with Gasteiger partial charge in [0.2, 0.25) is 0 Å². The number of halogens is 1. The van der Waals surface area contributed by atoms with Gasteiger partial charge in [0.1, 0.15) is 0 Å². The Morgan fingerprint density at radius 1 is 1.53 bits per heavy atom. The normalized spacial score (nSPS) is 19.0.